The molecule has 4 amide bonds. The maximum absolute atomic E-state index is 12.4. The van der Waals surface area contributed by atoms with Crippen LogP contribution in [0.4, 0.5) is 41.9 Å². The summed E-state index contributed by atoms with van der Waals surface area (Å²) in [5.41, 5.74) is 1.41. The van der Waals surface area contributed by atoms with Gasteiger partial charge in [-0.25, -0.2) is 19.2 Å². The van der Waals surface area contributed by atoms with Crippen molar-refractivity contribution in [2.24, 2.45) is 5.41 Å². The number of carbonyl (C=O) groups excluding carboxylic acids is 4. The molecule has 0 heterocycles. The fourth-order valence-corrected chi connectivity index (χ4v) is 3.55. The van der Waals surface area contributed by atoms with Crippen LogP contribution in [0.2, 0.25) is 0 Å². The Balaban J connectivity index is 1.67. The van der Waals surface area contributed by atoms with Crippen LogP contribution in [0.1, 0.15) is 40.0 Å². The Morgan fingerprint density at radius 1 is 0.738 bits per heavy atom. The number of ether oxygens (including phenoxy) is 5. The van der Waals surface area contributed by atoms with E-state index < -0.39 is 29.8 Å². The van der Waals surface area contributed by atoms with Gasteiger partial charge in [0.15, 0.2) is 0 Å². The van der Waals surface area contributed by atoms with Crippen LogP contribution in [0.5, 0.6) is 0 Å². The molecule has 4 N–H and O–H groups in total. The third-order valence-electron chi connectivity index (χ3n) is 5.71. The molecule has 13 heteroatoms. The number of rotatable bonds is 14. The summed E-state index contributed by atoms with van der Waals surface area (Å²) in [5.74, 6) is 0. The summed E-state index contributed by atoms with van der Waals surface area (Å²) in [5, 5.41) is 10.3. The lowest BCUT2D eigenvalue weighted by Gasteiger charge is -2.24. The number of nitrogens with one attached hydrogen (secondary N) is 4. The zero-order chi connectivity index (χ0) is 31.0. The van der Waals surface area contributed by atoms with Crippen LogP contribution in [-0.2, 0) is 23.7 Å². The summed E-state index contributed by atoms with van der Waals surface area (Å²) in [6.45, 7) is 6.68. The minimum Gasteiger partial charge on any atom is -0.453 e. The van der Waals surface area contributed by atoms with E-state index in [9.17, 15) is 19.2 Å². The second kappa shape index (κ2) is 17.3. The van der Waals surface area contributed by atoms with Gasteiger partial charge >= 0.3 is 24.4 Å². The summed E-state index contributed by atoms with van der Waals surface area (Å²) >= 11 is 0. The van der Waals surface area contributed by atoms with E-state index in [-0.39, 0.29) is 12.7 Å². The molecule has 0 saturated heterocycles. The lowest BCUT2D eigenvalue weighted by atomic mass is 9.96. The smallest absolute Gasteiger partial charge is 0.411 e. The molecule has 0 aliphatic rings. The van der Waals surface area contributed by atoms with E-state index >= 15 is 0 Å². The van der Waals surface area contributed by atoms with Gasteiger partial charge < -0.3 is 23.7 Å². The third-order valence-corrected chi connectivity index (χ3v) is 5.71. The van der Waals surface area contributed by atoms with Gasteiger partial charge in [0, 0.05) is 34.8 Å². The molecule has 13 nitrogen and oxygen atoms in total. The molecule has 1 unspecified atom stereocenters. The van der Waals surface area contributed by atoms with Gasteiger partial charge in [0.1, 0.15) is 12.7 Å². The molecule has 0 saturated carbocycles. The Morgan fingerprint density at radius 2 is 1.21 bits per heavy atom. The van der Waals surface area contributed by atoms with Gasteiger partial charge in [0.25, 0.3) is 0 Å². The summed E-state index contributed by atoms with van der Waals surface area (Å²) < 4.78 is 25.8. The van der Waals surface area contributed by atoms with Gasteiger partial charge in [0.05, 0.1) is 20.8 Å². The highest BCUT2D eigenvalue weighted by Crippen LogP contribution is 2.20. The number of carbonyl (C=O) groups is 4. The molecule has 230 valence electrons. The van der Waals surface area contributed by atoms with Crippen molar-refractivity contribution in [1.82, 2.24) is 0 Å². The van der Waals surface area contributed by atoms with Crippen molar-refractivity contribution in [1.29, 1.82) is 0 Å². The molecule has 42 heavy (non-hydrogen) atoms. The van der Waals surface area contributed by atoms with Crippen LogP contribution in [0.3, 0.4) is 0 Å². The minimum absolute atomic E-state index is 0.121. The normalized spacial score (nSPS) is 11.5. The Hall–Kier alpha value is -4.52. The molecule has 0 aliphatic heterocycles. The monoisotopic (exact) mass is 588 g/mol. The zero-order valence-corrected chi connectivity index (χ0v) is 24.6. The van der Waals surface area contributed by atoms with E-state index in [1.54, 1.807) is 48.5 Å². The van der Waals surface area contributed by atoms with Crippen LogP contribution in [0, 0.1) is 5.41 Å². The highest BCUT2D eigenvalue weighted by molar-refractivity contribution is 5.89. The van der Waals surface area contributed by atoms with Crippen LogP contribution < -0.4 is 21.3 Å². The molecule has 0 aliphatic carbocycles. The second-order valence-electron chi connectivity index (χ2n) is 10.0. The van der Waals surface area contributed by atoms with Crippen molar-refractivity contribution >= 4 is 47.1 Å². The van der Waals surface area contributed by atoms with E-state index in [1.165, 1.54) is 14.2 Å². The first kappa shape index (κ1) is 33.7. The van der Waals surface area contributed by atoms with Crippen molar-refractivity contribution in [2.75, 3.05) is 55.3 Å². The number of hydrogen-bond acceptors (Lipinski definition) is 9. The first-order chi connectivity index (χ1) is 20.0. The molecule has 2 rings (SSSR count). The van der Waals surface area contributed by atoms with E-state index in [1.807, 2.05) is 20.8 Å². The van der Waals surface area contributed by atoms with E-state index in [0.29, 0.717) is 55.2 Å². The van der Waals surface area contributed by atoms with Gasteiger partial charge in [-0.1, -0.05) is 32.9 Å². The highest BCUT2D eigenvalue weighted by atomic mass is 16.6. The average Bonchev–Trinajstić information content (AvgIpc) is 2.95. The number of methoxy groups -OCH3 is 2. The number of amides is 4. The molecule has 2 aromatic rings. The number of anilines is 4. The third kappa shape index (κ3) is 13.2. The predicted octanol–water partition coefficient (Wildman–Crippen LogP) is 6.44. The molecule has 2 aromatic carbocycles. The van der Waals surface area contributed by atoms with Gasteiger partial charge in [0.2, 0.25) is 0 Å². The molecular weight excluding hydrogens is 548 g/mol. The quantitative estimate of drug-likeness (QED) is 0.144. The number of benzene rings is 2. The zero-order valence-electron chi connectivity index (χ0n) is 24.6. The molecule has 0 spiro atoms. The van der Waals surface area contributed by atoms with Gasteiger partial charge in [-0.2, -0.15) is 0 Å². The van der Waals surface area contributed by atoms with E-state index in [2.05, 4.69) is 30.7 Å². The summed E-state index contributed by atoms with van der Waals surface area (Å²) in [6, 6.07) is 13.2. The van der Waals surface area contributed by atoms with Crippen molar-refractivity contribution in [3.8, 4) is 0 Å². The molecular formula is C29H40N4O9. The van der Waals surface area contributed by atoms with Crippen molar-refractivity contribution in [3.05, 3.63) is 48.5 Å². The van der Waals surface area contributed by atoms with Gasteiger partial charge in [-0.15, -0.1) is 0 Å². The van der Waals surface area contributed by atoms with Crippen molar-refractivity contribution < 1.29 is 42.9 Å². The van der Waals surface area contributed by atoms with Crippen LogP contribution in [0.15, 0.2) is 48.5 Å². The molecule has 0 bridgehead atoms. The Morgan fingerprint density at radius 3 is 1.69 bits per heavy atom. The topological polar surface area (TPSA) is 163 Å². The highest BCUT2D eigenvalue weighted by Gasteiger charge is 2.21. The lowest BCUT2D eigenvalue weighted by molar-refractivity contribution is 0.0168. The SMILES string of the molecule is CCC(CCCOCC(C)(C)COC(=O)Nc1cccc(NC(=O)OC)c1)OC(=O)Nc1cccc(NC(=O)OC)c1. The first-order valence-electron chi connectivity index (χ1n) is 13.4. The summed E-state index contributed by atoms with van der Waals surface area (Å²) in [7, 11) is 2.52. The lowest BCUT2D eigenvalue weighted by Crippen LogP contribution is -2.29. The van der Waals surface area contributed by atoms with Gasteiger partial charge in [-0.05, 0) is 55.7 Å². The summed E-state index contributed by atoms with van der Waals surface area (Å²) in [6.07, 6.45) is -0.854. The molecule has 1 atom stereocenters. The van der Waals surface area contributed by atoms with Crippen molar-refractivity contribution in [2.45, 2.75) is 46.1 Å². The average molecular weight is 589 g/mol. The second-order valence-corrected chi connectivity index (χ2v) is 10.0. The molecule has 0 fully saturated rings. The van der Waals surface area contributed by atoms with E-state index in [4.69, 9.17) is 14.2 Å². The maximum atomic E-state index is 12.4. The standard InChI is InChI=1S/C29H40N4O9/c1-6-24(42-28(37)33-23-13-8-11-21(17-23)31-26(35)39-5)14-9-15-40-18-29(2,3)19-41-27(36)32-22-12-7-10-20(16-22)30-25(34)38-4/h7-8,10-13,16-17,24H,6,9,14-15,18-19H2,1-5H3,(H,30,34)(H,31,35)(H,32,36)(H,33,37). The Bertz CT molecular complexity index is 1190. The van der Waals surface area contributed by atoms with Crippen LogP contribution in [0.25, 0.3) is 0 Å². The Labute approximate surface area is 245 Å². The fraction of sp³-hybridized carbons (Fsp3) is 0.448. The fourth-order valence-electron chi connectivity index (χ4n) is 3.55. The Kier molecular flexibility index (Phi) is 13.9. The van der Waals surface area contributed by atoms with Gasteiger partial charge in [-0.3, -0.25) is 21.3 Å². The first-order valence-corrected chi connectivity index (χ1v) is 13.4. The summed E-state index contributed by atoms with van der Waals surface area (Å²) in [4.78, 5) is 47.3. The van der Waals surface area contributed by atoms with E-state index in [0.717, 1.165) is 0 Å². The maximum Gasteiger partial charge on any atom is 0.411 e. The van der Waals surface area contributed by atoms with Crippen LogP contribution in [-0.4, -0.2) is 64.5 Å². The predicted molar refractivity (Wildman–Crippen MR) is 158 cm³/mol. The minimum atomic E-state index is -0.633. The number of hydrogen-bond donors (Lipinski definition) is 4. The largest absolute Gasteiger partial charge is 0.453 e. The van der Waals surface area contributed by atoms with Crippen LogP contribution >= 0.6 is 0 Å². The van der Waals surface area contributed by atoms with Crippen molar-refractivity contribution in [3.63, 3.8) is 0 Å². The molecule has 0 radical (unpaired) electrons. The molecule has 0 aromatic heterocycles.